The Morgan fingerprint density at radius 1 is 0.964 bits per heavy atom. The van der Waals surface area contributed by atoms with Crippen LogP contribution in [0.25, 0.3) is 0 Å². The lowest BCUT2D eigenvalue weighted by Crippen LogP contribution is -2.51. The lowest BCUT2D eigenvalue weighted by molar-refractivity contribution is 0.0905. The molecule has 0 amide bonds. The maximum Gasteiger partial charge on any atom is 0.224 e. The van der Waals surface area contributed by atoms with Crippen molar-refractivity contribution in [2.45, 2.75) is 70.4 Å². The third-order valence-electron chi connectivity index (χ3n) is 6.88. The number of nitrogens with one attached hydrogen (secondary N) is 1. The van der Waals surface area contributed by atoms with Crippen LogP contribution >= 0.6 is 0 Å². The summed E-state index contributed by atoms with van der Waals surface area (Å²) in [4.78, 5) is 17.2. The second-order valence-corrected chi connectivity index (χ2v) is 8.78. The van der Waals surface area contributed by atoms with Crippen LogP contribution in [0.5, 0.6) is 0 Å². The van der Waals surface area contributed by atoms with Gasteiger partial charge in [-0.25, -0.2) is 4.98 Å². The van der Waals surface area contributed by atoms with Gasteiger partial charge in [0.15, 0.2) is 0 Å². The Kier molecular flexibility index (Phi) is 7.02. The molecular weight excluding hydrogens is 348 g/mol. The normalized spacial score (nSPS) is 26.2. The van der Waals surface area contributed by atoms with E-state index in [1.165, 1.54) is 77.5 Å². The van der Waals surface area contributed by atoms with Crippen molar-refractivity contribution in [1.82, 2.24) is 19.8 Å². The quantitative estimate of drug-likeness (QED) is 0.838. The first kappa shape index (κ1) is 19.9. The predicted octanol–water partition coefficient (Wildman–Crippen LogP) is 3.22. The van der Waals surface area contributed by atoms with Crippen LogP contribution in [0.3, 0.4) is 0 Å². The van der Waals surface area contributed by atoms with E-state index in [-0.39, 0.29) is 0 Å². The minimum Gasteiger partial charge on any atom is -0.356 e. The molecule has 1 N–H and O–H groups in total. The Bertz CT molecular complexity index is 592. The fourth-order valence-electron chi connectivity index (χ4n) is 5.13. The topological polar surface area (TPSA) is 47.5 Å². The van der Waals surface area contributed by atoms with Crippen molar-refractivity contribution in [3.63, 3.8) is 0 Å². The summed E-state index contributed by atoms with van der Waals surface area (Å²) in [5.74, 6) is 1.91. The molecule has 1 aromatic heterocycles. The molecule has 28 heavy (non-hydrogen) atoms. The van der Waals surface area contributed by atoms with Gasteiger partial charge in [-0.3, -0.25) is 4.90 Å². The molecule has 3 aliphatic rings. The van der Waals surface area contributed by atoms with E-state index in [1.807, 2.05) is 6.20 Å². The first-order chi connectivity index (χ1) is 13.8. The number of anilines is 2. The molecule has 0 saturated carbocycles. The molecule has 3 aliphatic heterocycles. The maximum atomic E-state index is 4.87. The Morgan fingerprint density at radius 2 is 1.75 bits per heavy atom. The highest BCUT2D eigenvalue weighted by molar-refractivity contribution is 5.43. The van der Waals surface area contributed by atoms with Gasteiger partial charge in [0.2, 0.25) is 5.95 Å². The SMILES string of the molecule is CCN1CCC(N2CCCC(Nc3nccc(N4CCCCCC4)n3)C2)CC1. The molecule has 0 spiro atoms. The third kappa shape index (κ3) is 5.15. The summed E-state index contributed by atoms with van der Waals surface area (Å²) >= 11 is 0. The Balaban J connectivity index is 1.33. The molecule has 3 fully saturated rings. The molecule has 3 saturated heterocycles. The molecule has 156 valence electrons. The molecule has 4 heterocycles. The molecule has 1 aromatic rings. The average Bonchev–Trinajstić information content (AvgIpc) is 3.04. The first-order valence-corrected chi connectivity index (χ1v) is 11.6. The summed E-state index contributed by atoms with van der Waals surface area (Å²) < 4.78 is 0. The second-order valence-electron chi connectivity index (χ2n) is 8.78. The third-order valence-corrected chi connectivity index (χ3v) is 6.88. The molecule has 0 radical (unpaired) electrons. The van der Waals surface area contributed by atoms with E-state index in [4.69, 9.17) is 4.98 Å². The number of hydrogen-bond donors (Lipinski definition) is 1. The predicted molar refractivity (Wildman–Crippen MR) is 116 cm³/mol. The highest BCUT2D eigenvalue weighted by atomic mass is 15.3. The highest BCUT2D eigenvalue weighted by Crippen LogP contribution is 2.23. The van der Waals surface area contributed by atoms with Gasteiger partial charge in [-0.15, -0.1) is 0 Å². The molecule has 4 rings (SSSR count). The van der Waals surface area contributed by atoms with Crippen molar-refractivity contribution < 1.29 is 0 Å². The number of aromatic nitrogens is 2. The Labute approximate surface area is 170 Å². The second kappa shape index (κ2) is 9.88. The number of nitrogens with zero attached hydrogens (tertiary/aromatic N) is 5. The maximum absolute atomic E-state index is 4.87. The molecule has 1 atom stereocenters. The van der Waals surface area contributed by atoms with Gasteiger partial charge >= 0.3 is 0 Å². The Hall–Kier alpha value is -1.40. The van der Waals surface area contributed by atoms with Gasteiger partial charge in [0.05, 0.1) is 0 Å². The molecule has 0 aromatic carbocycles. The van der Waals surface area contributed by atoms with Gasteiger partial charge in [-0.05, 0) is 70.8 Å². The number of rotatable bonds is 5. The zero-order chi connectivity index (χ0) is 19.2. The summed E-state index contributed by atoms with van der Waals surface area (Å²) in [7, 11) is 0. The van der Waals surface area contributed by atoms with Crippen molar-refractivity contribution in [3.05, 3.63) is 12.3 Å². The minimum atomic E-state index is 0.470. The summed E-state index contributed by atoms with van der Waals surface area (Å²) in [5, 5.41) is 3.66. The van der Waals surface area contributed by atoms with Gasteiger partial charge in [-0.1, -0.05) is 19.8 Å². The van der Waals surface area contributed by atoms with Crippen LogP contribution in [-0.2, 0) is 0 Å². The van der Waals surface area contributed by atoms with E-state index in [1.54, 1.807) is 0 Å². The summed E-state index contributed by atoms with van der Waals surface area (Å²) in [5.41, 5.74) is 0. The van der Waals surface area contributed by atoms with Crippen LogP contribution in [0.2, 0.25) is 0 Å². The smallest absolute Gasteiger partial charge is 0.224 e. The van der Waals surface area contributed by atoms with E-state index in [2.05, 4.69) is 38.0 Å². The lowest BCUT2D eigenvalue weighted by Gasteiger charge is -2.42. The zero-order valence-electron chi connectivity index (χ0n) is 17.7. The van der Waals surface area contributed by atoms with Gasteiger partial charge in [0, 0.05) is 37.9 Å². The first-order valence-electron chi connectivity index (χ1n) is 11.6. The molecule has 6 heteroatoms. The number of piperidine rings is 2. The van der Waals surface area contributed by atoms with Crippen LogP contribution < -0.4 is 10.2 Å². The van der Waals surface area contributed by atoms with Crippen LogP contribution in [0, 0.1) is 0 Å². The van der Waals surface area contributed by atoms with Crippen LogP contribution in [0.4, 0.5) is 11.8 Å². The van der Waals surface area contributed by atoms with E-state index >= 15 is 0 Å². The van der Waals surface area contributed by atoms with Gasteiger partial charge in [0.25, 0.3) is 0 Å². The van der Waals surface area contributed by atoms with Gasteiger partial charge in [-0.2, -0.15) is 4.98 Å². The number of likely N-dealkylation sites (tertiary alicyclic amines) is 2. The van der Waals surface area contributed by atoms with Crippen LogP contribution in [0.15, 0.2) is 12.3 Å². The monoisotopic (exact) mass is 386 g/mol. The fourth-order valence-corrected chi connectivity index (χ4v) is 5.13. The van der Waals surface area contributed by atoms with E-state index < -0.39 is 0 Å². The molecule has 6 nitrogen and oxygen atoms in total. The molecule has 1 unspecified atom stereocenters. The van der Waals surface area contributed by atoms with Crippen LogP contribution in [-0.4, -0.2) is 77.7 Å². The average molecular weight is 387 g/mol. The highest BCUT2D eigenvalue weighted by Gasteiger charge is 2.28. The van der Waals surface area contributed by atoms with E-state index in [0.29, 0.717) is 6.04 Å². The summed E-state index contributed by atoms with van der Waals surface area (Å²) in [6.07, 6.45) is 12.3. The fraction of sp³-hybridized carbons (Fsp3) is 0.818. The van der Waals surface area contributed by atoms with Crippen LogP contribution in [0.1, 0.15) is 58.3 Å². The van der Waals surface area contributed by atoms with Crippen molar-refractivity contribution in [1.29, 1.82) is 0 Å². The molecule has 0 aliphatic carbocycles. The van der Waals surface area contributed by atoms with Crippen molar-refractivity contribution in [2.75, 3.05) is 56.0 Å². The summed E-state index contributed by atoms with van der Waals surface area (Å²) in [6.45, 7) is 10.6. The van der Waals surface area contributed by atoms with Crippen molar-refractivity contribution in [2.24, 2.45) is 0 Å². The molecular formula is C22H38N6. The standard InChI is InChI=1S/C22H38N6/c1-2-26-16-10-20(11-17-26)28-15-7-8-19(18-28)24-22-23-12-9-21(25-22)27-13-5-3-4-6-14-27/h9,12,19-20H,2-8,10-11,13-18H2,1H3,(H,23,24,25). The van der Waals surface area contributed by atoms with E-state index in [9.17, 15) is 0 Å². The minimum absolute atomic E-state index is 0.470. The lowest BCUT2D eigenvalue weighted by atomic mass is 9.98. The van der Waals surface area contributed by atoms with Gasteiger partial charge in [0.1, 0.15) is 5.82 Å². The van der Waals surface area contributed by atoms with Crippen molar-refractivity contribution >= 4 is 11.8 Å². The largest absolute Gasteiger partial charge is 0.356 e. The zero-order valence-corrected chi connectivity index (χ0v) is 17.7. The van der Waals surface area contributed by atoms with Gasteiger partial charge < -0.3 is 15.1 Å². The molecule has 0 bridgehead atoms. The van der Waals surface area contributed by atoms with Crippen molar-refractivity contribution in [3.8, 4) is 0 Å². The van der Waals surface area contributed by atoms with E-state index in [0.717, 1.165) is 37.4 Å². The number of hydrogen-bond acceptors (Lipinski definition) is 6. The Morgan fingerprint density at radius 3 is 2.50 bits per heavy atom. The summed E-state index contributed by atoms with van der Waals surface area (Å²) in [6, 6.07) is 3.31.